The fraction of sp³-hybridized carbons (Fsp3) is 0.571. The summed E-state index contributed by atoms with van der Waals surface area (Å²) in [5.74, 6) is 0. The molecule has 1 fully saturated rings. The first kappa shape index (κ1) is 15.9. The molecule has 112 valence electrons. The Morgan fingerprint density at radius 1 is 1.35 bits per heavy atom. The first-order valence-electron chi connectivity index (χ1n) is 6.86. The van der Waals surface area contributed by atoms with Gasteiger partial charge in [0.05, 0.1) is 4.90 Å². The predicted molar refractivity (Wildman–Crippen MR) is 84.3 cm³/mol. The Morgan fingerprint density at radius 2 is 2.05 bits per heavy atom. The maximum atomic E-state index is 12.7. The third kappa shape index (κ3) is 3.08. The number of aryl methyl sites for hydroxylation is 1. The van der Waals surface area contributed by atoms with Crippen LogP contribution in [0, 0.1) is 6.92 Å². The van der Waals surface area contributed by atoms with Crippen molar-refractivity contribution in [1.29, 1.82) is 0 Å². The number of hydrogen-bond donors (Lipinski definition) is 0. The molecule has 0 aliphatic carbocycles. The van der Waals surface area contributed by atoms with Gasteiger partial charge in [0.15, 0.2) is 0 Å². The molecular weight excluding hydrogens is 340 g/mol. The van der Waals surface area contributed by atoms with Gasteiger partial charge in [-0.3, -0.25) is 4.90 Å². The van der Waals surface area contributed by atoms with Gasteiger partial charge in [0.1, 0.15) is 0 Å². The second kappa shape index (κ2) is 6.13. The van der Waals surface area contributed by atoms with E-state index < -0.39 is 10.0 Å². The summed E-state index contributed by atoms with van der Waals surface area (Å²) >= 11 is 3.37. The zero-order valence-electron chi connectivity index (χ0n) is 12.1. The molecule has 6 heteroatoms. The molecule has 1 aromatic rings. The zero-order chi connectivity index (χ0) is 14.9. The van der Waals surface area contributed by atoms with E-state index in [1.54, 1.807) is 10.4 Å². The van der Waals surface area contributed by atoms with Crippen LogP contribution >= 0.6 is 15.9 Å². The van der Waals surface area contributed by atoms with Crippen molar-refractivity contribution in [1.82, 2.24) is 9.21 Å². The molecule has 0 saturated carbocycles. The summed E-state index contributed by atoms with van der Waals surface area (Å²) in [5, 5.41) is 0. The van der Waals surface area contributed by atoms with Gasteiger partial charge in [-0.25, -0.2) is 8.42 Å². The number of sulfonamides is 1. The molecule has 1 aromatic carbocycles. The average Bonchev–Trinajstić information content (AvgIpc) is 2.38. The summed E-state index contributed by atoms with van der Waals surface area (Å²) in [5.41, 5.74) is 1.04. The fourth-order valence-corrected chi connectivity index (χ4v) is 5.27. The molecule has 0 radical (unpaired) electrons. The van der Waals surface area contributed by atoms with Crippen molar-refractivity contribution >= 4 is 26.0 Å². The summed E-state index contributed by atoms with van der Waals surface area (Å²) in [6.07, 6.45) is 0. The summed E-state index contributed by atoms with van der Waals surface area (Å²) in [4.78, 5) is 2.66. The Bertz CT molecular complexity index is 589. The van der Waals surface area contributed by atoms with Crippen LogP contribution in [-0.4, -0.2) is 49.8 Å². The molecule has 1 heterocycles. The number of likely N-dealkylation sites (N-methyl/N-ethyl adjacent to an activating group) is 1. The molecule has 1 atom stereocenters. The molecule has 20 heavy (non-hydrogen) atoms. The van der Waals surface area contributed by atoms with Crippen molar-refractivity contribution in [2.45, 2.75) is 31.7 Å². The molecule has 2 rings (SSSR count). The van der Waals surface area contributed by atoms with E-state index in [0.717, 1.165) is 18.7 Å². The number of rotatable bonds is 3. The lowest BCUT2D eigenvalue weighted by molar-refractivity contribution is 0.135. The number of halogens is 1. The van der Waals surface area contributed by atoms with Crippen molar-refractivity contribution in [3.05, 3.63) is 28.2 Å². The van der Waals surface area contributed by atoms with E-state index in [9.17, 15) is 8.42 Å². The van der Waals surface area contributed by atoms with Crippen LogP contribution in [0.5, 0.6) is 0 Å². The normalized spacial score (nSPS) is 22.1. The third-order valence-corrected chi connectivity index (χ3v) is 6.68. The lowest BCUT2D eigenvalue weighted by Gasteiger charge is -2.38. The SMILES string of the molecule is CCN1CCN(S(=O)(=O)c2ccc(C)cc2Br)CC1C. The molecule has 1 aliphatic heterocycles. The minimum absolute atomic E-state index is 0.257. The molecule has 4 nitrogen and oxygen atoms in total. The van der Waals surface area contributed by atoms with Gasteiger partial charge in [-0.2, -0.15) is 4.31 Å². The second-order valence-corrected chi connectivity index (χ2v) is 8.04. The Hall–Kier alpha value is -0.430. The Labute approximate surface area is 129 Å². The molecule has 1 unspecified atom stereocenters. The monoisotopic (exact) mass is 360 g/mol. The molecular formula is C14H21BrN2O2S. The van der Waals surface area contributed by atoms with E-state index in [1.807, 2.05) is 19.1 Å². The van der Waals surface area contributed by atoms with Crippen molar-refractivity contribution in [3.8, 4) is 0 Å². The summed E-state index contributed by atoms with van der Waals surface area (Å²) in [6.45, 7) is 9.00. The van der Waals surface area contributed by atoms with Crippen molar-refractivity contribution in [3.63, 3.8) is 0 Å². The van der Waals surface area contributed by atoms with E-state index in [0.29, 0.717) is 22.5 Å². The maximum Gasteiger partial charge on any atom is 0.244 e. The van der Waals surface area contributed by atoms with Crippen LogP contribution in [0.3, 0.4) is 0 Å². The van der Waals surface area contributed by atoms with E-state index >= 15 is 0 Å². The van der Waals surface area contributed by atoms with E-state index in [4.69, 9.17) is 0 Å². The largest absolute Gasteiger partial charge is 0.298 e. The van der Waals surface area contributed by atoms with Gasteiger partial charge in [0.25, 0.3) is 0 Å². The lowest BCUT2D eigenvalue weighted by Crippen LogP contribution is -2.53. The van der Waals surface area contributed by atoms with Gasteiger partial charge < -0.3 is 0 Å². The van der Waals surface area contributed by atoms with Crippen LogP contribution in [0.15, 0.2) is 27.6 Å². The topological polar surface area (TPSA) is 40.6 Å². The highest BCUT2D eigenvalue weighted by Crippen LogP contribution is 2.27. The van der Waals surface area contributed by atoms with Gasteiger partial charge in [0.2, 0.25) is 10.0 Å². The maximum absolute atomic E-state index is 12.7. The van der Waals surface area contributed by atoms with Crippen LogP contribution in [-0.2, 0) is 10.0 Å². The quantitative estimate of drug-likeness (QED) is 0.831. The Kier molecular flexibility index (Phi) is 4.89. The number of piperazine rings is 1. The fourth-order valence-electron chi connectivity index (χ4n) is 2.60. The van der Waals surface area contributed by atoms with E-state index in [1.165, 1.54) is 0 Å². The van der Waals surface area contributed by atoms with E-state index in [-0.39, 0.29) is 6.04 Å². The molecule has 0 aromatic heterocycles. The van der Waals surface area contributed by atoms with Crippen molar-refractivity contribution in [2.24, 2.45) is 0 Å². The molecule has 0 N–H and O–H groups in total. The minimum Gasteiger partial charge on any atom is -0.298 e. The van der Waals surface area contributed by atoms with E-state index in [2.05, 4.69) is 34.7 Å². The summed E-state index contributed by atoms with van der Waals surface area (Å²) in [7, 11) is -3.41. The molecule has 0 bridgehead atoms. The van der Waals surface area contributed by atoms with Gasteiger partial charge in [-0.15, -0.1) is 0 Å². The highest BCUT2D eigenvalue weighted by molar-refractivity contribution is 9.10. The van der Waals surface area contributed by atoms with Crippen LogP contribution in [0.1, 0.15) is 19.4 Å². The predicted octanol–water partition coefficient (Wildman–Crippen LogP) is 2.47. The summed E-state index contributed by atoms with van der Waals surface area (Å²) < 4.78 is 27.7. The third-order valence-electron chi connectivity index (χ3n) is 3.84. The van der Waals surface area contributed by atoms with Crippen LogP contribution < -0.4 is 0 Å². The number of nitrogens with zero attached hydrogens (tertiary/aromatic N) is 2. The smallest absolute Gasteiger partial charge is 0.244 e. The first-order chi connectivity index (χ1) is 9.36. The van der Waals surface area contributed by atoms with Gasteiger partial charge >= 0.3 is 0 Å². The van der Waals surface area contributed by atoms with Crippen molar-refractivity contribution in [2.75, 3.05) is 26.2 Å². The van der Waals surface area contributed by atoms with Crippen molar-refractivity contribution < 1.29 is 8.42 Å². The minimum atomic E-state index is -3.41. The standard InChI is InChI=1S/C14H21BrN2O2S/c1-4-16-7-8-17(10-12(16)3)20(18,19)14-6-5-11(2)9-13(14)15/h5-6,9,12H,4,7-8,10H2,1-3H3. The number of benzene rings is 1. The van der Waals surface area contributed by atoms with Crippen LogP contribution in [0.4, 0.5) is 0 Å². The second-order valence-electron chi connectivity index (χ2n) is 5.27. The Balaban J connectivity index is 2.27. The summed E-state index contributed by atoms with van der Waals surface area (Å²) in [6, 6.07) is 5.63. The zero-order valence-corrected chi connectivity index (χ0v) is 14.5. The molecule has 0 spiro atoms. The van der Waals surface area contributed by atoms with Gasteiger partial charge in [-0.1, -0.05) is 13.0 Å². The van der Waals surface area contributed by atoms with Gasteiger partial charge in [-0.05, 0) is 54.0 Å². The molecule has 0 amide bonds. The number of hydrogen-bond acceptors (Lipinski definition) is 3. The average molecular weight is 361 g/mol. The highest BCUT2D eigenvalue weighted by Gasteiger charge is 2.32. The molecule has 1 aliphatic rings. The van der Waals surface area contributed by atoms with Crippen LogP contribution in [0.2, 0.25) is 0 Å². The van der Waals surface area contributed by atoms with Gasteiger partial charge in [0, 0.05) is 30.1 Å². The lowest BCUT2D eigenvalue weighted by atomic mass is 10.2. The first-order valence-corrected chi connectivity index (χ1v) is 9.10. The highest BCUT2D eigenvalue weighted by atomic mass is 79.9. The molecule has 1 saturated heterocycles. The Morgan fingerprint density at radius 3 is 2.60 bits per heavy atom. The van der Waals surface area contributed by atoms with Crippen LogP contribution in [0.25, 0.3) is 0 Å².